The van der Waals surface area contributed by atoms with Gasteiger partial charge in [-0.1, -0.05) is 45.9 Å². The van der Waals surface area contributed by atoms with Gasteiger partial charge in [0.1, 0.15) is 12.0 Å². The minimum absolute atomic E-state index is 0.0434. The zero-order chi connectivity index (χ0) is 25.3. The van der Waals surface area contributed by atoms with Crippen LogP contribution in [0.3, 0.4) is 0 Å². The number of nitrogens with one attached hydrogen (secondary N) is 2. The summed E-state index contributed by atoms with van der Waals surface area (Å²) in [7, 11) is -0.0434. The summed E-state index contributed by atoms with van der Waals surface area (Å²) in [6, 6.07) is 10.0. The van der Waals surface area contributed by atoms with Crippen LogP contribution < -0.4 is 16.3 Å². The third-order valence-electron chi connectivity index (χ3n) is 4.45. The third kappa shape index (κ3) is 11.1. The highest BCUT2D eigenvalue weighted by molar-refractivity contribution is 7.29. The fourth-order valence-corrected chi connectivity index (χ4v) is 3.57. The van der Waals surface area contributed by atoms with Gasteiger partial charge >= 0.3 is 11.7 Å². The Morgan fingerprint density at radius 2 is 1.97 bits per heavy atom. The molecule has 3 rings (SSSR count). The molecular weight excluding hydrogens is 461 g/mol. The number of aromatic amines is 1. The number of nitrogens with zero attached hydrogens (tertiary/aromatic N) is 1. The molecule has 0 aliphatic carbocycles. The largest absolute Gasteiger partial charge is 0.508 e. The van der Waals surface area contributed by atoms with Crippen LogP contribution in [0.25, 0.3) is 0 Å². The fraction of sp³-hybridized carbons (Fsp3) is 0.522. The molecule has 190 valence electrons. The Bertz CT molecular complexity index is 936. The van der Waals surface area contributed by atoms with Crippen LogP contribution in [-0.2, 0) is 18.8 Å². The minimum atomic E-state index is -0.486. The Morgan fingerprint density at radius 1 is 1.26 bits per heavy atom. The van der Waals surface area contributed by atoms with E-state index >= 15 is 0 Å². The minimum Gasteiger partial charge on any atom is -0.508 e. The molecule has 0 bridgehead atoms. The Hall–Kier alpha value is -2.52. The van der Waals surface area contributed by atoms with Crippen LogP contribution in [0.4, 0.5) is 0 Å². The van der Waals surface area contributed by atoms with Gasteiger partial charge in [0.05, 0.1) is 34.8 Å². The first kappa shape index (κ1) is 29.5. The first-order valence-electron chi connectivity index (χ1n) is 11.4. The highest BCUT2D eigenvalue weighted by Gasteiger charge is 2.34. The molecule has 3 N–H and O–H groups in total. The van der Waals surface area contributed by atoms with Gasteiger partial charge in [-0.05, 0) is 25.0 Å². The Balaban J connectivity index is 0.000000540. The summed E-state index contributed by atoms with van der Waals surface area (Å²) < 4.78 is 17.7. The van der Waals surface area contributed by atoms with Gasteiger partial charge in [0, 0.05) is 18.2 Å². The molecule has 1 aliphatic rings. The number of benzene rings is 1. The topological polar surface area (TPSA) is 132 Å². The highest BCUT2D eigenvalue weighted by atomic mass is 31.1. The number of carbonyl (C=O) groups excluding carboxylic acids is 1. The van der Waals surface area contributed by atoms with Crippen molar-refractivity contribution < 1.29 is 23.9 Å². The number of aromatic hydroxyl groups is 1. The summed E-state index contributed by atoms with van der Waals surface area (Å²) in [6.07, 6.45) is 2.38. The summed E-state index contributed by atoms with van der Waals surface area (Å²) in [4.78, 5) is 36.5. The molecule has 1 aromatic carbocycles. The smallest absolute Gasteiger partial charge is 0.330 e. The SMILES string of the molecule is CC.CCCOC(=O)CNPOCC1CC(C)C(n2ccc(=O)[nH]c2=O)O1.Oc1ccccc1. The lowest BCUT2D eigenvalue weighted by atomic mass is 10.1. The monoisotopic (exact) mass is 497 g/mol. The molecule has 2 aromatic rings. The van der Waals surface area contributed by atoms with Crippen LogP contribution in [0.15, 0.2) is 52.2 Å². The first-order valence-corrected chi connectivity index (χ1v) is 12.3. The average Bonchev–Trinajstić information content (AvgIpc) is 3.19. The van der Waals surface area contributed by atoms with Crippen molar-refractivity contribution in [2.75, 3.05) is 19.8 Å². The predicted molar refractivity (Wildman–Crippen MR) is 132 cm³/mol. The van der Waals surface area contributed by atoms with Gasteiger partial charge in [-0.2, -0.15) is 0 Å². The molecule has 1 aromatic heterocycles. The number of esters is 1. The standard InChI is InChI=1S/C15H24N3O6P.C6H6O.C2H6/c1-3-6-22-13(20)8-16-25-23-9-11-7-10(2)14(24-11)18-5-4-12(19)17-15(18)21;7-6-4-2-1-3-5-6;1-2/h4-5,10-11,14,16,25H,3,6-9H2,1-2H3,(H,17,19,21);1-5,7H;1-2H3. The quantitative estimate of drug-likeness (QED) is 0.274. The van der Waals surface area contributed by atoms with Gasteiger partial charge in [0.25, 0.3) is 5.56 Å². The second-order valence-electron chi connectivity index (χ2n) is 7.20. The predicted octanol–water partition coefficient (Wildman–Crippen LogP) is 2.95. The van der Waals surface area contributed by atoms with Crippen LogP contribution in [-0.4, -0.2) is 46.5 Å². The molecule has 4 unspecified atom stereocenters. The molecule has 2 heterocycles. The van der Waals surface area contributed by atoms with E-state index in [-0.39, 0.29) is 33.5 Å². The van der Waals surface area contributed by atoms with Gasteiger partial charge < -0.3 is 19.1 Å². The van der Waals surface area contributed by atoms with E-state index in [0.29, 0.717) is 19.0 Å². The van der Waals surface area contributed by atoms with Crippen LogP contribution in [0, 0.1) is 5.92 Å². The van der Waals surface area contributed by atoms with Crippen LogP contribution in [0.2, 0.25) is 0 Å². The maximum absolute atomic E-state index is 11.9. The molecule has 0 saturated carbocycles. The van der Waals surface area contributed by atoms with Crippen LogP contribution in [0.1, 0.15) is 46.8 Å². The normalized spacial score (nSPS) is 19.1. The van der Waals surface area contributed by atoms with E-state index in [1.807, 2.05) is 33.8 Å². The summed E-state index contributed by atoms with van der Waals surface area (Å²) in [5, 5.41) is 11.5. The lowest BCUT2D eigenvalue weighted by Crippen LogP contribution is -2.33. The van der Waals surface area contributed by atoms with Crippen molar-refractivity contribution in [3.63, 3.8) is 0 Å². The van der Waals surface area contributed by atoms with Crippen molar-refractivity contribution in [3.05, 3.63) is 63.4 Å². The molecule has 10 nitrogen and oxygen atoms in total. The third-order valence-corrected chi connectivity index (χ3v) is 5.08. The zero-order valence-electron chi connectivity index (χ0n) is 20.2. The van der Waals surface area contributed by atoms with Crippen molar-refractivity contribution in [3.8, 4) is 5.75 Å². The van der Waals surface area contributed by atoms with E-state index in [4.69, 9.17) is 19.1 Å². The molecule has 34 heavy (non-hydrogen) atoms. The Kier molecular flexibility index (Phi) is 14.8. The molecule has 0 radical (unpaired) electrons. The fourth-order valence-electron chi connectivity index (χ4n) is 2.98. The average molecular weight is 498 g/mol. The van der Waals surface area contributed by atoms with Crippen molar-refractivity contribution in [2.24, 2.45) is 5.92 Å². The molecule has 4 atom stereocenters. The number of hydrogen-bond donors (Lipinski definition) is 3. The van der Waals surface area contributed by atoms with Gasteiger partial charge in [0.2, 0.25) is 0 Å². The maximum Gasteiger partial charge on any atom is 0.330 e. The molecular formula is C23H36N3O7P. The Morgan fingerprint density at radius 3 is 2.56 bits per heavy atom. The van der Waals surface area contributed by atoms with E-state index in [0.717, 1.165) is 12.8 Å². The molecule has 1 aliphatic heterocycles. The highest BCUT2D eigenvalue weighted by Crippen LogP contribution is 2.33. The molecule has 11 heteroatoms. The van der Waals surface area contributed by atoms with Crippen LogP contribution >= 0.6 is 8.96 Å². The summed E-state index contributed by atoms with van der Waals surface area (Å²) >= 11 is 0. The van der Waals surface area contributed by atoms with Crippen molar-refractivity contribution in [1.29, 1.82) is 0 Å². The lowest BCUT2D eigenvalue weighted by molar-refractivity contribution is -0.142. The molecule has 0 spiro atoms. The second-order valence-corrected chi connectivity index (χ2v) is 8.05. The summed E-state index contributed by atoms with van der Waals surface area (Å²) in [5.41, 5.74) is -0.920. The second kappa shape index (κ2) is 17.0. The van der Waals surface area contributed by atoms with Crippen molar-refractivity contribution >= 4 is 14.9 Å². The number of rotatable bonds is 9. The van der Waals surface area contributed by atoms with E-state index in [1.54, 1.807) is 24.3 Å². The molecule has 1 saturated heterocycles. The van der Waals surface area contributed by atoms with E-state index in [1.165, 1.54) is 16.8 Å². The number of ether oxygens (including phenoxy) is 2. The number of phenols is 1. The first-order chi connectivity index (χ1) is 16.4. The molecule has 1 fully saturated rings. The zero-order valence-corrected chi connectivity index (χ0v) is 21.2. The Labute approximate surface area is 201 Å². The number of carbonyl (C=O) groups is 1. The van der Waals surface area contributed by atoms with Gasteiger partial charge in [-0.25, -0.2) is 4.79 Å². The summed E-state index contributed by atoms with van der Waals surface area (Å²) in [6.45, 7) is 8.79. The summed E-state index contributed by atoms with van der Waals surface area (Å²) in [5.74, 6) is 0.126. The van der Waals surface area contributed by atoms with Crippen molar-refractivity contribution in [2.45, 2.75) is 52.9 Å². The van der Waals surface area contributed by atoms with Gasteiger partial charge in [-0.15, -0.1) is 0 Å². The maximum atomic E-state index is 11.9. The van der Waals surface area contributed by atoms with E-state index < -0.39 is 17.5 Å². The molecule has 0 amide bonds. The number of aromatic nitrogens is 2. The van der Waals surface area contributed by atoms with E-state index in [9.17, 15) is 14.4 Å². The van der Waals surface area contributed by atoms with Crippen LogP contribution in [0.5, 0.6) is 5.75 Å². The van der Waals surface area contributed by atoms with E-state index in [2.05, 4.69) is 10.1 Å². The van der Waals surface area contributed by atoms with Gasteiger partial charge in [-0.3, -0.25) is 24.2 Å². The lowest BCUT2D eigenvalue weighted by Gasteiger charge is -2.17. The number of phenolic OH excluding ortho intramolecular Hbond substituents is 1. The number of H-pyrrole nitrogens is 1. The number of hydrogen-bond acceptors (Lipinski definition) is 8. The van der Waals surface area contributed by atoms with Gasteiger partial charge in [0.15, 0.2) is 0 Å². The number of para-hydroxylation sites is 1. The van der Waals surface area contributed by atoms with Crippen molar-refractivity contribution in [1.82, 2.24) is 14.6 Å².